The van der Waals surface area contributed by atoms with Crippen molar-refractivity contribution in [2.75, 3.05) is 16.4 Å². The van der Waals surface area contributed by atoms with Gasteiger partial charge in [-0.1, -0.05) is 48.5 Å². The van der Waals surface area contributed by atoms with Crippen LogP contribution in [0.25, 0.3) is 0 Å². The summed E-state index contributed by atoms with van der Waals surface area (Å²) in [5, 5.41) is 0. The molecule has 2 atom stereocenters. The van der Waals surface area contributed by atoms with Crippen LogP contribution in [0.1, 0.15) is 26.3 Å². The van der Waals surface area contributed by atoms with E-state index in [-0.39, 0.29) is 17.4 Å². The van der Waals surface area contributed by atoms with Gasteiger partial charge >= 0.3 is 5.97 Å². The van der Waals surface area contributed by atoms with E-state index in [9.17, 15) is 18.0 Å². The molecule has 0 spiro atoms. The summed E-state index contributed by atoms with van der Waals surface area (Å²) in [5.41, 5.74) is 2.23. The largest absolute Gasteiger partial charge is 0.455 e. The molecule has 164 valence electrons. The standard InChI is InChI=1S/C25H23NO5S/c1-18-9-8-14-21(15-18)26(24(27)19-10-4-2-5-11-19)22-16-32(29,30)17-23(22)31-25(28)20-12-6-3-7-13-20/h2-15,22-23H,16-17H2,1H3/t22-,23-/m0/s1. The molecule has 4 rings (SSSR count). The second-order valence-corrected chi connectivity index (χ2v) is 9.99. The van der Waals surface area contributed by atoms with Gasteiger partial charge in [0.15, 0.2) is 9.84 Å². The number of anilines is 1. The van der Waals surface area contributed by atoms with Crippen molar-refractivity contribution in [1.82, 2.24) is 0 Å². The molecular formula is C25H23NO5S. The van der Waals surface area contributed by atoms with Crippen LogP contribution in [0, 0.1) is 6.92 Å². The summed E-state index contributed by atoms with van der Waals surface area (Å²) >= 11 is 0. The third kappa shape index (κ3) is 4.73. The number of hydrogen-bond acceptors (Lipinski definition) is 5. The van der Waals surface area contributed by atoms with Crippen LogP contribution in [0.3, 0.4) is 0 Å². The van der Waals surface area contributed by atoms with Crippen molar-refractivity contribution in [2.45, 2.75) is 19.1 Å². The van der Waals surface area contributed by atoms with E-state index in [1.54, 1.807) is 66.7 Å². The third-order valence-corrected chi connectivity index (χ3v) is 7.08. The van der Waals surface area contributed by atoms with E-state index in [0.29, 0.717) is 16.8 Å². The van der Waals surface area contributed by atoms with Gasteiger partial charge in [0.1, 0.15) is 6.10 Å². The Morgan fingerprint density at radius 3 is 2.09 bits per heavy atom. The number of nitrogens with zero attached hydrogens (tertiary/aromatic N) is 1. The molecule has 0 aliphatic carbocycles. The second-order valence-electron chi connectivity index (χ2n) is 7.83. The minimum absolute atomic E-state index is 0.285. The van der Waals surface area contributed by atoms with Crippen molar-refractivity contribution < 1.29 is 22.7 Å². The van der Waals surface area contributed by atoms with E-state index in [1.807, 2.05) is 25.1 Å². The fourth-order valence-electron chi connectivity index (χ4n) is 3.89. The maximum Gasteiger partial charge on any atom is 0.338 e. The number of rotatable bonds is 5. The SMILES string of the molecule is Cc1cccc(N(C(=O)c2ccccc2)[C@H]2CS(=O)(=O)C[C@@H]2OC(=O)c2ccccc2)c1. The number of esters is 1. The Labute approximate surface area is 187 Å². The highest BCUT2D eigenvalue weighted by molar-refractivity contribution is 7.91. The molecule has 1 amide bonds. The smallest absolute Gasteiger partial charge is 0.338 e. The van der Waals surface area contributed by atoms with Crippen molar-refractivity contribution in [2.24, 2.45) is 0 Å². The lowest BCUT2D eigenvalue weighted by Crippen LogP contribution is -2.48. The fourth-order valence-corrected chi connectivity index (χ4v) is 5.70. The minimum Gasteiger partial charge on any atom is -0.455 e. The predicted octanol–water partition coefficient (Wildman–Crippen LogP) is 3.66. The van der Waals surface area contributed by atoms with Crippen molar-refractivity contribution in [1.29, 1.82) is 0 Å². The van der Waals surface area contributed by atoms with Crippen LogP contribution in [-0.2, 0) is 14.6 Å². The van der Waals surface area contributed by atoms with E-state index < -0.39 is 28.0 Å². The van der Waals surface area contributed by atoms with Crippen LogP contribution in [0.5, 0.6) is 0 Å². The number of ether oxygens (including phenoxy) is 1. The fraction of sp³-hybridized carbons (Fsp3) is 0.200. The molecule has 7 heteroatoms. The molecule has 1 aliphatic heterocycles. The van der Waals surface area contributed by atoms with Crippen LogP contribution in [0.2, 0.25) is 0 Å². The molecule has 1 saturated heterocycles. The van der Waals surface area contributed by atoms with Gasteiger partial charge in [0.05, 0.1) is 23.1 Å². The lowest BCUT2D eigenvalue weighted by Gasteiger charge is -2.32. The van der Waals surface area contributed by atoms with Crippen molar-refractivity contribution in [3.05, 3.63) is 102 Å². The maximum atomic E-state index is 13.5. The lowest BCUT2D eigenvalue weighted by atomic mass is 10.1. The van der Waals surface area contributed by atoms with E-state index in [0.717, 1.165) is 5.56 Å². The average molecular weight is 450 g/mol. The Kier molecular flexibility index (Phi) is 6.10. The predicted molar refractivity (Wildman–Crippen MR) is 123 cm³/mol. The van der Waals surface area contributed by atoms with Gasteiger partial charge < -0.3 is 9.64 Å². The number of carbonyl (C=O) groups is 2. The topological polar surface area (TPSA) is 80.8 Å². The minimum atomic E-state index is -3.52. The van der Waals surface area contributed by atoms with Gasteiger partial charge in [0.2, 0.25) is 0 Å². The highest BCUT2D eigenvalue weighted by atomic mass is 32.2. The first kappa shape index (κ1) is 21.8. The summed E-state index contributed by atoms with van der Waals surface area (Å²) < 4.78 is 30.9. The van der Waals surface area contributed by atoms with Crippen LogP contribution < -0.4 is 4.90 Å². The number of benzene rings is 3. The lowest BCUT2D eigenvalue weighted by molar-refractivity contribution is 0.0314. The molecule has 6 nitrogen and oxygen atoms in total. The monoisotopic (exact) mass is 449 g/mol. The Balaban J connectivity index is 1.73. The molecule has 0 bridgehead atoms. The first-order valence-corrected chi connectivity index (χ1v) is 12.1. The Morgan fingerprint density at radius 2 is 1.47 bits per heavy atom. The van der Waals surface area contributed by atoms with E-state index >= 15 is 0 Å². The first-order valence-electron chi connectivity index (χ1n) is 10.3. The average Bonchev–Trinajstić information content (AvgIpc) is 3.08. The van der Waals surface area contributed by atoms with Crippen molar-refractivity contribution in [3.63, 3.8) is 0 Å². The van der Waals surface area contributed by atoms with Crippen LogP contribution >= 0.6 is 0 Å². The molecule has 0 radical (unpaired) electrons. The van der Waals surface area contributed by atoms with Crippen molar-refractivity contribution >= 4 is 27.4 Å². The summed E-state index contributed by atoms with van der Waals surface area (Å²) in [6.07, 6.45) is -0.985. The number of aryl methyl sites for hydroxylation is 1. The summed E-state index contributed by atoms with van der Waals surface area (Å²) in [6.45, 7) is 1.90. The van der Waals surface area contributed by atoms with Gasteiger partial charge in [0.25, 0.3) is 5.91 Å². The van der Waals surface area contributed by atoms with Crippen LogP contribution in [0.15, 0.2) is 84.9 Å². The number of carbonyl (C=O) groups excluding carboxylic acids is 2. The zero-order valence-corrected chi connectivity index (χ0v) is 18.4. The van der Waals surface area contributed by atoms with Gasteiger partial charge in [0, 0.05) is 11.3 Å². The molecule has 1 fully saturated rings. The zero-order chi connectivity index (χ0) is 22.7. The van der Waals surface area contributed by atoms with E-state index in [2.05, 4.69) is 0 Å². The zero-order valence-electron chi connectivity index (χ0n) is 17.5. The van der Waals surface area contributed by atoms with Gasteiger partial charge in [-0.05, 0) is 48.9 Å². The first-order chi connectivity index (χ1) is 15.3. The molecule has 0 aromatic heterocycles. The quantitative estimate of drug-likeness (QED) is 0.556. The molecular weight excluding hydrogens is 426 g/mol. The van der Waals surface area contributed by atoms with Gasteiger partial charge in [-0.25, -0.2) is 13.2 Å². The van der Waals surface area contributed by atoms with Crippen molar-refractivity contribution in [3.8, 4) is 0 Å². The van der Waals surface area contributed by atoms with Crippen LogP contribution in [-0.4, -0.2) is 43.9 Å². The molecule has 1 aliphatic rings. The molecule has 0 saturated carbocycles. The van der Waals surface area contributed by atoms with Gasteiger partial charge in [-0.2, -0.15) is 0 Å². The normalized spacial score (nSPS) is 19.3. The molecule has 0 N–H and O–H groups in total. The molecule has 32 heavy (non-hydrogen) atoms. The Hall–Kier alpha value is -3.45. The molecule has 3 aromatic carbocycles. The number of hydrogen-bond donors (Lipinski definition) is 0. The molecule has 1 heterocycles. The summed E-state index contributed by atoms with van der Waals surface area (Å²) in [7, 11) is -3.52. The highest BCUT2D eigenvalue weighted by Crippen LogP contribution is 2.29. The van der Waals surface area contributed by atoms with E-state index in [4.69, 9.17) is 4.74 Å². The maximum absolute atomic E-state index is 13.5. The van der Waals surface area contributed by atoms with Gasteiger partial charge in [-0.15, -0.1) is 0 Å². The third-order valence-electron chi connectivity index (χ3n) is 5.39. The molecule has 0 unspecified atom stereocenters. The highest BCUT2D eigenvalue weighted by Gasteiger charge is 2.46. The number of amides is 1. The Bertz CT molecular complexity index is 1230. The summed E-state index contributed by atoms with van der Waals surface area (Å²) in [5.74, 6) is -1.58. The summed E-state index contributed by atoms with van der Waals surface area (Å²) in [6, 6.07) is 23.5. The van der Waals surface area contributed by atoms with E-state index in [1.165, 1.54) is 4.90 Å². The summed E-state index contributed by atoms with van der Waals surface area (Å²) in [4.78, 5) is 27.7. The molecule has 3 aromatic rings. The number of sulfone groups is 1. The second kappa shape index (κ2) is 8.96. The Morgan fingerprint density at radius 1 is 0.844 bits per heavy atom. The van der Waals surface area contributed by atoms with Gasteiger partial charge in [-0.3, -0.25) is 4.79 Å². The van der Waals surface area contributed by atoms with Crippen LogP contribution in [0.4, 0.5) is 5.69 Å².